The van der Waals surface area contributed by atoms with Gasteiger partial charge in [-0.1, -0.05) is 6.88 Å². The second kappa shape index (κ2) is 4.71. The normalized spacial score (nSPS) is 23.5. The van der Waals surface area contributed by atoms with Crippen LogP contribution in [0.4, 0.5) is 0 Å². The maximum absolute atomic E-state index is 11.2. The van der Waals surface area contributed by atoms with E-state index in [0.717, 1.165) is 7.11 Å². The minimum absolute atomic E-state index is 0.956. The SMILES string of the molecule is [2H][13CH]([2H])[13CH]([2H])[13C@@]([2H])([13CH2][13C](=O)O)C(=O)OC. The lowest BCUT2D eigenvalue weighted by molar-refractivity contribution is -0.150. The number of carboxylic acids is 1. The Balaban J connectivity index is 5.00. The number of esters is 1. The van der Waals surface area contributed by atoms with Gasteiger partial charge < -0.3 is 9.84 Å². The highest BCUT2D eigenvalue weighted by molar-refractivity contribution is 5.78. The number of methoxy groups -OCH3 is 1. The van der Waals surface area contributed by atoms with Gasteiger partial charge in [-0.2, -0.15) is 0 Å². The number of carbonyl (C=O) groups excluding carboxylic acids is 1. The first-order valence-electron chi connectivity index (χ1n) is 5.06. The largest absolute Gasteiger partial charge is 0.481 e. The molecule has 64 valence electrons. The van der Waals surface area contributed by atoms with Crippen LogP contribution in [0.1, 0.15) is 25.2 Å². The number of rotatable bonds is 4. The number of hydrogen-bond acceptors (Lipinski definition) is 3. The van der Waals surface area contributed by atoms with Crippen molar-refractivity contribution in [2.45, 2.75) is 19.7 Å². The van der Waals surface area contributed by atoms with Crippen LogP contribution in [0, 0.1) is 5.89 Å². The number of aliphatic carboxylic acids is 1. The zero-order valence-corrected chi connectivity index (χ0v) is 6.03. The number of carboxylic acid groups (broad SMARTS) is 1. The minimum atomic E-state index is -2.41. The van der Waals surface area contributed by atoms with E-state index in [9.17, 15) is 9.59 Å². The Bertz CT molecular complexity index is 257. The molecule has 1 unspecified atom stereocenters. The van der Waals surface area contributed by atoms with Gasteiger partial charge in [0.1, 0.15) is 0 Å². The average Bonchev–Trinajstić information content (AvgIpc) is 2.13. The predicted octanol–water partition coefficient (Wildman–Crippen LogP) is 0.660. The van der Waals surface area contributed by atoms with E-state index in [2.05, 4.69) is 4.74 Å². The van der Waals surface area contributed by atoms with E-state index < -0.39 is 37.5 Å². The van der Waals surface area contributed by atoms with Gasteiger partial charge in [-0.3, -0.25) is 9.59 Å². The van der Waals surface area contributed by atoms with Crippen LogP contribution in [0.5, 0.6) is 0 Å². The van der Waals surface area contributed by atoms with E-state index >= 15 is 0 Å². The van der Waals surface area contributed by atoms with E-state index in [1.165, 1.54) is 0 Å². The maximum atomic E-state index is 11.2. The second-order valence-corrected chi connectivity index (χ2v) is 1.75. The van der Waals surface area contributed by atoms with Crippen molar-refractivity contribution in [3.8, 4) is 0 Å². The van der Waals surface area contributed by atoms with Crippen molar-refractivity contribution < 1.29 is 24.9 Å². The molecule has 0 bridgehead atoms. The Kier molecular flexibility index (Phi) is 2.03. The van der Waals surface area contributed by atoms with Gasteiger partial charge in [0.15, 0.2) is 0 Å². The predicted molar refractivity (Wildman–Crippen MR) is 38.0 cm³/mol. The van der Waals surface area contributed by atoms with Crippen LogP contribution in [0.25, 0.3) is 0 Å². The van der Waals surface area contributed by atoms with Gasteiger partial charge in [0.05, 0.1) is 19.4 Å². The van der Waals surface area contributed by atoms with E-state index in [1.807, 2.05) is 0 Å². The van der Waals surface area contributed by atoms with Crippen LogP contribution >= 0.6 is 0 Å². The molecule has 4 heteroatoms. The smallest absolute Gasteiger partial charge is 0.309 e. The third kappa shape index (κ3) is 3.60. The van der Waals surface area contributed by atoms with Gasteiger partial charge >= 0.3 is 11.9 Å². The zero-order chi connectivity index (χ0) is 12.2. The number of hydrogen-bond donors (Lipinski definition) is 1. The Hall–Kier alpha value is -1.06. The van der Waals surface area contributed by atoms with Crippen LogP contribution in [0.2, 0.25) is 0 Å². The van der Waals surface area contributed by atoms with Crippen molar-refractivity contribution in [2.75, 3.05) is 7.11 Å². The van der Waals surface area contributed by atoms with Crippen LogP contribution in [-0.4, -0.2) is 24.2 Å². The molecule has 0 aromatic heterocycles. The monoisotopic (exact) mass is 169 g/mol. The molecule has 2 atom stereocenters. The van der Waals surface area contributed by atoms with E-state index in [4.69, 9.17) is 10.6 Å². The van der Waals surface area contributed by atoms with Gasteiger partial charge in [0.2, 0.25) is 0 Å². The fourth-order valence-corrected chi connectivity index (χ4v) is 0.493. The van der Waals surface area contributed by atoms with Crippen molar-refractivity contribution in [3.05, 3.63) is 0 Å². The van der Waals surface area contributed by atoms with E-state index in [0.29, 0.717) is 0 Å². The van der Waals surface area contributed by atoms with Crippen molar-refractivity contribution in [2.24, 2.45) is 5.89 Å². The van der Waals surface area contributed by atoms with Crippen molar-refractivity contribution >= 4 is 11.9 Å². The Morgan fingerprint density at radius 1 is 1.91 bits per heavy atom. The van der Waals surface area contributed by atoms with Gasteiger partial charge in [-0.15, -0.1) is 0 Å². The topological polar surface area (TPSA) is 63.6 Å². The van der Waals surface area contributed by atoms with Crippen molar-refractivity contribution in [1.29, 1.82) is 0 Å². The van der Waals surface area contributed by atoms with Gasteiger partial charge in [0.25, 0.3) is 0 Å². The standard InChI is InChI=1S/C7H12O4/c1-3-5(4-6(8)9)7(10)11-2/h5H,3-4H2,1-2H3,(H,8,9)/t5-/m0/s1/i1+1D2,3+1D,4+1,5+1D,6+1/t3?,5-. The van der Waals surface area contributed by atoms with Crippen molar-refractivity contribution in [3.63, 3.8) is 0 Å². The zero-order valence-electron chi connectivity index (χ0n) is 10.0. The summed E-state index contributed by atoms with van der Waals surface area (Å²) >= 11 is 0. The molecule has 0 amide bonds. The highest BCUT2D eigenvalue weighted by Gasteiger charge is 2.19. The quantitative estimate of drug-likeness (QED) is 0.496. The molecule has 0 rings (SSSR count). The summed E-state index contributed by atoms with van der Waals surface area (Å²) in [5.41, 5.74) is 0. The number of ether oxygens (including phenoxy) is 1. The fourth-order valence-electron chi connectivity index (χ4n) is 0.493. The Morgan fingerprint density at radius 2 is 2.55 bits per heavy atom. The molecule has 0 saturated carbocycles. The lowest BCUT2D eigenvalue weighted by atomic mass is 10.8. The van der Waals surface area contributed by atoms with Gasteiger partial charge in [-0.25, -0.2) is 0 Å². The summed E-state index contributed by atoms with van der Waals surface area (Å²) in [6.45, 7) is -1.79. The minimum Gasteiger partial charge on any atom is -0.481 e. The number of carbonyl (C=O) groups is 2. The average molecular weight is 169 g/mol. The summed E-state index contributed by atoms with van der Waals surface area (Å²) in [4.78, 5) is 21.6. The van der Waals surface area contributed by atoms with Crippen LogP contribution < -0.4 is 0 Å². The molecule has 0 spiro atoms. The molecule has 0 aromatic rings. The first-order chi connectivity index (χ1) is 6.75. The first kappa shape index (κ1) is 4.74. The molecule has 0 aliphatic heterocycles. The summed E-state index contributed by atoms with van der Waals surface area (Å²) in [5.74, 6) is -5.07. The highest BCUT2D eigenvalue weighted by Crippen LogP contribution is 2.09. The molecule has 0 radical (unpaired) electrons. The molecule has 0 saturated heterocycles. The lowest BCUT2D eigenvalue weighted by Gasteiger charge is -2.08. The van der Waals surface area contributed by atoms with E-state index in [1.54, 1.807) is 0 Å². The molecular formula is C7H12O4. The molecule has 0 aromatic carbocycles. The van der Waals surface area contributed by atoms with Crippen LogP contribution in [0.3, 0.4) is 0 Å². The first-order valence-corrected chi connectivity index (χ1v) is 2.82. The molecule has 4 nitrogen and oxygen atoms in total. The van der Waals surface area contributed by atoms with E-state index in [-0.39, 0.29) is 0 Å². The third-order valence-electron chi connectivity index (χ3n) is 0.990. The molecule has 0 aliphatic rings. The van der Waals surface area contributed by atoms with Gasteiger partial charge in [0, 0.05) is 5.48 Å². The summed E-state index contributed by atoms with van der Waals surface area (Å²) in [7, 11) is 0.961. The summed E-state index contributed by atoms with van der Waals surface area (Å²) < 4.78 is 32.8. The molecule has 0 heterocycles. The van der Waals surface area contributed by atoms with Gasteiger partial charge in [-0.05, 0) is 6.40 Å². The molecule has 1 N–H and O–H groups in total. The Labute approximate surface area is 70.8 Å². The van der Waals surface area contributed by atoms with Crippen LogP contribution in [0.15, 0.2) is 0 Å². The molecule has 11 heavy (non-hydrogen) atoms. The summed E-state index contributed by atoms with van der Waals surface area (Å²) in [6, 6.07) is 0. The molecule has 0 aliphatic carbocycles. The fraction of sp³-hybridized carbons (Fsp3) is 0.714. The molecular weight excluding hydrogens is 153 g/mol. The summed E-state index contributed by atoms with van der Waals surface area (Å²) in [5, 5.41) is 8.49. The van der Waals surface area contributed by atoms with Crippen LogP contribution in [-0.2, 0) is 14.3 Å². The second-order valence-electron chi connectivity index (χ2n) is 1.75. The lowest BCUT2D eigenvalue weighted by Crippen LogP contribution is -2.18. The van der Waals surface area contributed by atoms with Crippen molar-refractivity contribution in [1.82, 2.24) is 0 Å². The molecule has 0 fully saturated rings. The highest BCUT2D eigenvalue weighted by atomic mass is 16.5. The Morgan fingerprint density at radius 3 is 2.91 bits per heavy atom. The summed E-state index contributed by atoms with van der Waals surface area (Å²) in [6.07, 6.45) is -2.75. The maximum Gasteiger partial charge on any atom is 0.309 e. The third-order valence-corrected chi connectivity index (χ3v) is 0.990.